The summed E-state index contributed by atoms with van der Waals surface area (Å²) in [5, 5.41) is 8.32. The molecule has 0 aliphatic carbocycles. The van der Waals surface area contributed by atoms with Gasteiger partial charge in [-0.3, -0.25) is 0 Å². The zero-order valence-electron chi connectivity index (χ0n) is 8.06. The van der Waals surface area contributed by atoms with Crippen LogP contribution in [-0.4, -0.2) is 15.0 Å². The maximum atomic E-state index is 11.3. The van der Waals surface area contributed by atoms with Gasteiger partial charge in [-0.2, -0.15) is 0 Å². The molecule has 1 aromatic rings. The zero-order valence-corrected chi connectivity index (χ0v) is 9.70. The summed E-state index contributed by atoms with van der Waals surface area (Å²) in [6.07, 6.45) is 0.724. The van der Waals surface area contributed by atoms with E-state index in [1.54, 1.807) is 12.1 Å². The monoisotopic (exact) mass is 248 g/mol. The fraction of sp³-hybridized carbons (Fsp3) is 0.333. The Hall–Kier alpha value is -0.620. The quantitative estimate of drug-likeness (QED) is 0.756. The molecule has 0 amide bonds. The van der Waals surface area contributed by atoms with Crippen LogP contribution in [0.5, 0.6) is 0 Å². The second-order valence-corrected chi connectivity index (χ2v) is 4.90. The molecule has 0 fully saturated rings. The molecule has 0 unspecified atom stereocenters. The van der Waals surface area contributed by atoms with Gasteiger partial charge in [-0.15, -0.1) is 12.4 Å². The molecule has 1 heterocycles. The lowest BCUT2D eigenvalue weighted by atomic mass is 10.0. The molecular formula is C9H13ClN2O2S. The first-order valence-corrected chi connectivity index (χ1v) is 5.98. The topological polar surface area (TPSA) is 72.2 Å². The third-order valence-corrected chi connectivity index (χ3v) is 3.40. The van der Waals surface area contributed by atoms with Crippen LogP contribution < -0.4 is 10.5 Å². The predicted octanol–water partition coefficient (Wildman–Crippen LogP) is 0.401. The van der Waals surface area contributed by atoms with Crippen molar-refractivity contribution in [2.45, 2.75) is 17.9 Å². The molecule has 1 aliphatic heterocycles. The smallest absolute Gasteiger partial charge is 0.238 e. The number of rotatable bonds is 1. The van der Waals surface area contributed by atoms with E-state index in [4.69, 9.17) is 5.14 Å². The Balaban J connectivity index is 0.00000112. The summed E-state index contributed by atoms with van der Waals surface area (Å²) in [7, 11) is -3.57. The lowest BCUT2D eigenvalue weighted by molar-refractivity contribution is 0.590. The third-order valence-electron chi connectivity index (χ3n) is 2.40. The van der Waals surface area contributed by atoms with E-state index < -0.39 is 10.0 Å². The summed E-state index contributed by atoms with van der Waals surface area (Å²) in [6.45, 7) is 1.53. The Kier molecular flexibility index (Phi) is 3.72. The van der Waals surface area contributed by atoms with Gasteiger partial charge in [0.25, 0.3) is 0 Å². The van der Waals surface area contributed by atoms with E-state index in [9.17, 15) is 8.42 Å². The third kappa shape index (κ3) is 2.49. The van der Waals surface area contributed by atoms with Crippen LogP contribution >= 0.6 is 12.4 Å². The molecule has 3 N–H and O–H groups in total. The van der Waals surface area contributed by atoms with Crippen molar-refractivity contribution < 1.29 is 8.42 Å². The average Bonchev–Trinajstić information content (AvgIpc) is 2.15. The van der Waals surface area contributed by atoms with Crippen LogP contribution in [0.4, 0.5) is 0 Å². The highest BCUT2D eigenvalue weighted by molar-refractivity contribution is 7.89. The second-order valence-electron chi connectivity index (χ2n) is 3.37. The lowest BCUT2D eigenvalue weighted by Crippen LogP contribution is -2.26. The van der Waals surface area contributed by atoms with Crippen molar-refractivity contribution in [2.24, 2.45) is 5.14 Å². The first-order chi connectivity index (χ1) is 6.59. The van der Waals surface area contributed by atoms with Crippen LogP contribution in [0.15, 0.2) is 23.1 Å². The van der Waals surface area contributed by atoms with E-state index in [0.29, 0.717) is 0 Å². The van der Waals surface area contributed by atoms with Crippen LogP contribution in [0.2, 0.25) is 0 Å². The predicted molar refractivity (Wildman–Crippen MR) is 60.5 cm³/mol. The van der Waals surface area contributed by atoms with E-state index in [1.807, 2.05) is 6.07 Å². The van der Waals surface area contributed by atoms with Crippen LogP contribution in [0.25, 0.3) is 0 Å². The molecule has 0 saturated heterocycles. The molecule has 0 spiro atoms. The van der Waals surface area contributed by atoms with Gasteiger partial charge in [0, 0.05) is 6.54 Å². The Morgan fingerprint density at radius 2 is 2.07 bits per heavy atom. The van der Waals surface area contributed by atoms with Crippen molar-refractivity contribution in [1.82, 2.24) is 5.32 Å². The number of hydrogen-bond acceptors (Lipinski definition) is 3. The van der Waals surface area contributed by atoms with E-state index >= 15 is 0 Å². The molecule has 0 aromatic heterocycles. The molecule has 0 bridgehead atoms. The van der Waals surface area contributed by atoms with Crippen LogP contribution in [0, 0.1) is 0 Å². The molecule has 1 aliphatic rings. The van der Waals surface area contributed by atoms with Crippen molar-refractivity contribution in [2.75, 3.05) is 6.54 Å². The number of hydrogen-bond donors (Lipinski definition) is 2. The van der Waals surface area contributed by atoms with Gasteiger partial charge >= 0.3 is 0 Å². The van der Waals surface area contributed by atoms with E-state index in [0.717, 1.165) is 30.6 Å². The first kappa shape index (κ1) is 12.4. The number of halogens is 1. The van der Waals surface area contributed by atoms with Crippen LogP contribution in [0.3, 0.4) is 0 Å². The maximum absolute atomic E-state index is 11.3. The second kappa shape index (κ2) is 4.49. The van der Waals surface area contributed by atoms with Gasteiger partial charge in [-0.1, -0.05) is 12.1 Å². The molecule has 0 saturated carbocycles. The maximum Gasteiger partial charge on any atom is 0.238 e. The first-order valence-electron chi connectivity index (χ1n) is 4.43. The van der Waals surface area contributed by atoms with Crippen molar-refractivity contribution in [3.05, 3.63) is 29.3 Å². The summed E-state index contributed by atoms with van der Waals surface area (Å²) >= 11 is 0. The van der Waals surface area contributed by atoms with Crippen LogP contribution in [-0.2, 0) is 23.0 Å². The fourth-order valence-electron chi connectivity index (χ4n) is 1.76. The van der Waals surface area contributed by atoms with Gasteiger partial charge in [-0.25, -0.2) is 13.6 Å². The van der Waals surface area contributed by atoms with Gasteiger partial charge in [0.1, 0.15) is 0 Å². The number of sulfonamides is 1. The molecule has 4 nitrogen and oxygen atoms in total. The standard InChI is InChI=1S/C9H12N2O2S.ClH/c10-14(12,13)9-3-1-2-7-6-11-5-4-8(7)9;/h1-3,11H,4-6H2,(H2,10,12,13);1H. The number of fused-ring (bicyclic) bond motifs is 1. The normalized spacial score (nSPS) is 15.3. The zero-order chi connectivity index (χ0) is 10.2. The Morgan fingerprint density at radius 1 is 1.33 bits per heavy atom. The molecule has 0 radical (unpaired) electrons. The number of primary sulfonamides is 1. The van der Waals surface area contributed by atoms with Crippen LogP contribution in [0.1, 0.15) is 11.1 Å². The largest absolute Gasteiger partial charge is 0.312 e. The summed E-state index contributed by atoms with van der Waals surface area (Å²) < 4.78 is 22.5. The number of nitrogens with one attached hydrogen (secondary N) is 1. The summed E-state index contributed by atoms with van der Waals surface area (Å²) in [4.78, 5) is 0.275. The molecule has 6 heteroatoms. The Morgan fingerprint density at radius 3 is 2.73 bits per heavy atom. The summed E-state index contributed by atoms with van der Waals surface area (Å²) in [5.74, 6) is 0. The van der Waals surface area contributed by atoms with Gasteiger partial charge < -0.3 is 5.32 Å². The van der Waals surface area contributed by atoms with Crippen molar-refractivity contribution in [3.63, 3.8) is 0 Å². The Labute approximate surface area is 95.3 Å². The number of nitrogens with two attached hydrogens (primary N) is 1. The minimum Gasteiger partial charge on any atom is -0.312 e. The average molecular weight is 249 g/mol. The van der Waals surface area contributed by atoms with Gasteiger partial charge in [0.15, 0.2) is 0 Å². The van der Waals surface area contributed by atoms with E-state index in [-0.39, 0.29) is 17.3 Å². The van der Waals surface area contributed by atoms with Crippen molar-refractivity contribution >= 4 is 22.4 Å². The molecule has 84 valence electrons. The Bertz CT molecular complexity index is 459. The molecular weight excluding hydrogens is 236 g/mol. The molecule has 2 rings (SSSR count). The fourth-order valence-corrected chi connectivity index (χ4v) is 2.61. The van der Waals surface area contributed by atoms with E-state index in [2.05, 4.69) is 5.32 Å². The molecule has 0 atom stereocenters. The lowest BCUT2D eigenvalue weighted by Gasteiger charge is -2.19. The van der Waals surface area contributed by atoms with Gasteiger partial charge in [0.2, 0.25) is 10.0 Å². The molecule has 1 aromatic carbocycles. The van der Waals surface area contributed by atoms with Crippen molar-refractivity contribution in [3.8, 4) is 0 Å². The highest BCUT2D eigenvalue weighted by Gasteiger charge is 2.18. The minimum absolute atomic E-state index is 0. The SMILES string of the molecule is Cl.NS(=O)(=O)c1cccc2c1CCNC2. The van der Waals surface area contributed by atoms with Gasteiger partial charge in [-0.05, 0) is 30.2 Å². The molecule has 15 heavy (non-hydrogen) atoms. The minimum atomic E-state index is -3.57. The van der Waals surface area contributed by atoms with Crippen molar-refractivity contribution in [1.29, 1.82) is 0 Å². The highest BCUT2D eigenvalue weighted by Crippen LogP contribution is 2.21. The van der Waals surface area contributed by atoms with Gasteiger partial charge in [0.05, 0.1) is 4.90 Å². The number of benzene rings is 1. The van der Waals surface area contributed by atoms with E-state index in [1.165, 1.54) is 0 Å². The summed E-state index contributed by atoms with van der Waals surface area (Å²) in [5.41, 5.74) is 1.90. The highest BCUT2D eigenvalue weighted by atomic mass is 35.5. The summed E-state index contributed by atoms with van der Waals surface area (Å²) in [6, 6.07) is 5.22.